The second kappa shape index (κ2) is 11.2. The number of hydrogen-bond acceptors (Lipinski definition) is 6. The zero-order valence-electron chi connectivity index (χ0n) is 23.8. The van der Waals surface area contributed by atoms with Crippen molar-refractivity contribution in [3.8, 4) is 22.4 Å². The van der Waals surface area contributed by atoms with Crippen LogP contribution in [-0.4, -0.2) is 39.6 Å². The van der Waals surface area contributed by atoms with Crippen molar-refractivity contribution in [1.29, 1.82) is 0 Å². The fraction of sp³-hybridized carbons (Fsp3) is 0.419. The van der Waals surface area contributed by atoms with Gasteiger partial charge in [-0.2, -0.15) is 0 Å². The molecular formula is C31H38FN3O3S. The van der Waals surface area contributed by atoms with E-state index >= 15 is 0 Å². The number of fused-ring (bicyclic) bond motifs is 4. The monoisotopic (exact) mass is 551 g/mol. The first-order valence-corrected chi connectivity index (χ1v) is 14.4. The van der Waals surface area contributed by atoms with Crippen molar-refractivity contribution in [3.63, 3.8) is 0 Å². The molecule has 0 radical (unpaired) electrons. The first kappa shape index (κ1) is 28.9. The largest absolute Gasteiger partial charge is 0.481 e. The van der Waals surface area contributed by atoms with Gasteiger partial charge in [-0.25, -0.2) is 4.39 Å². The minimum Gasteiger partial charge on any atom is -0.481 e. The number of aromatic nitrogens is 1. The van der Waals surface area contributed by atoms with Gasteiger partial charge in [-0.1, -0.05) is 24.1 Å². The second-order valence-electron chi connectivity index (χ2n) is 11.3. The van der Waals surface area contributed by atoms with E-state index in [1.807, 2.05) is 20.1 Å². The highest BCUT2D eigenvalue weighted by molar-refractivity contribution is 7.99. The van der Waals surface area contributed by atoms with E-state index in [0.717, 1.165) is 81.0 Å². The van der Waals surface area contributed by atoms with Crippen molar-refractivity contribution in [1.82, 2.24) is 4.98 Å². The fourth-order valence-electron chi connectivity index (χ4n) is 5.59. The summed E-state index contributed by atoms with van der Waals surface area (Å²) in [4.78, 5) is 16.5. The lowest BCUT2D eigenvalue weighted by Gasteiger charge is -2.35. The summed E-state index contributed by atoms with van der Waals surface area (Å²) in [7, 11) is 0. The van der Waals surface area contributed by atoms with Crippen molar-refractivity contribution in [3.05, 3.63) is 63.6 Å². The van der Waals surface area contributed by atoms with Crippen LogP contribution >= 0.6 is 11.9 Å². The van der Waals surface area contributed by atoms with E-state index in [4.69, 9.17) is 5.11 Å². The maximum absolute atomic E-state index is 14.1. The highest BCUT2D eigenvalue weighted by atomic mass is 32.2. The van der Waals surface area contributed by atoms with E-state index in [0.29, 0.717) is 6.54 Å². The van der Waals surface area contributed by atoms with Crippen molar-refractivity contribution < 1.29 is 19.4 Å². The van der Waals surface area contributed by atoms with Gasteiger partial charge in [0.15, 0.2) is 0 Å². The van der Waals surface area contributed by atoms with Gasteiger partial charge in [-0.15, -0.1) is 0 Å². The van der Waals surface area contributed by atoms with Crippen LogP contribution in [0.4, 0.5) is 15.8 Å². The topological polar surface area (TPSA) is 85.7 Å². The highest BCUT2D eigenvalue weighted by Crippen LogP contribution is 2.50. The van der Waals surface area contributed by atoms with E-state index in [-0.39, 0.29) is 12.2 Å². The molecule has 3 heterocycles. The van der Waals surface area contributed by atoms with Gasteiger partial charge in [-0.05, 0) is 99.4 Å². The Labute approximate surface area is 234 Å². The first-order chi connectivity index (χ1) is 18.3. The molecule has 2 aliphatic heterocycles. The third-order valence-corrected chi connectivity index (χ3v) is 7.88. The summed E-state index contributed by atoms with van der Waals surface area (Å²) in [5.74, 6) is -1.21. The van der Waals surface area contributed by atoms with Crippen LogP contribution in [0, 0.1) is 26.6 Å². The van der Waals surface area contributed by atoms with Gasteiger partial charge >= 0.3 is 5.97 Å². The zero-order valence-corrected chi connectivity index (χ0v) is 24.6. The molecule has 0 fully saturated rings. The number of benzene rings is 2. The standard InChI is InChI=1S/C27H28FN3O2S.C4H10O/c1-14-20(8-7-17-6-5-9-29-25(14)17)23-16(3)24-26-18(10-19(28)12-30-26)13-31(34-4)27(24)15(2)21(23)11-22(32)33;1-4(2,3)5/h7-8,10,12,29H,5-6,9,11,13H2,1-4H3,(H,32,33);5H,1-3H3. The maximum Gasteiger partial charge on any atom is 0.307 e. The van der Waals surface area contributed by atoms with Crippen molar-refractivity contribution in [2.75, 3.05) is 22.4 Å². The number of carboxylic acids is 1. The molecule has 0 saturated carbocycles. The molecule has 208 valence electrons. The number of nitrogens with zero attached hydrogens (tertiary/aromatic N) is 2. The molecule has 5 rings (SSSR count). The summed E-state index contributed by atoms with van der Waals surface area (Å²) in [5.41, 5.74) is 11.4. The molecule has 3 aromatic rings. The third kappa shape index (κ3) is 5.92. The molecule has 0 aliphatic carbocycles. The number of anilines is 2. The van der Waals surface area contributed by atoms with Gasteiger partial charge in [0, 0.05) is 29.6 Å². The van der Waals surface area contributed by atoms with E-state index in [1.54, 1.807) is 38.8 Å². The maximum atomic E-state index is 14.1. The van der Waals surface area contributed by atoms with Crippen LogP contribution in [0.2, 0.25) is 0 Å². The molecule has 0 amide bonds. The first-order valence-electron chi connectivity index (χ1n) is 13.2. The number of hydrogen-bond donors (Lipinski definition) is 3. The molecule has 1 aromatic heterocycles. The molecule has 2 aromatic carbocycles. The minimum absolute atomic E-state index is 0.0643. The van der Waals surface area contributed by atoms with Crippen LogP contribution in [0.1, 0.15) is 60.6 Å². The lowest BCUT2D eigenvalue weighted by atomic mass is 9.80. The van der Waals surface area contributed by atoms with E-state index in [2.05, 4.69) is 33.7 Å². The number of aliphatic hydroxyl groups is 1. The summed E-state index contributed by atoms with van der Waals surface area (Å²) in [5, 5.41) is 21.9. The number of carbonyl (C=O) groups is 1. The molecule has 6 nitrogen and oxygen atoms in total. The van der Waals surface area contributed by atoms with Gasteiger partial charge in [0.25, 0.3) is 0 Å². The number of halogens is 1. The van der Waals surface area contributed by atoms with Crippen LogP contribution in [0.25, 0.3) is 22.4 Å². The molecule has 0 atom stereocenters. The normalized spacial score (nSPS) is 13.9. The summed E-state index contributed by atoms with van der Waals surface area (Å²) in [6, 6.07) is 5.86. The molecule has 0 saturated heterocycles. The lowest BCUT2D eigenvalue weighted by Crippen LogP contribution is -2.23. The second-order valence-corrected chi connectivity index (χ2v) is 12.1. The zero-order chi connectivity index (χ0) is 28.6. The molecule has 0 unspecified atom stereocenters. The van der Waals surface area contributed by atoms with Gasteiger partial charge < -0.3 is 19.8 Å². The minimum atomic E-state index is -0.857. The SMILES string of the molecule is CC(C)(C)O.CSN1Cc2cc(F)cnc2-c2c(C)c(-c3ccc4c(c3C)NCCC4)c(CC(=O)O)c(C)c21. The Bertz CT molecular complexity index is 1430. The van der Waals surface area contributed by atoms with Gasteiger partial charge in [0.2, 0.25) is 0 Å². The Kier molecular flexibility index (Phi) is 8.28. The van der Waals surface area contributed by atoms with Crippen LogP contribution in [0.3, 0.4) is 0 Å². The smallest absolute Gasteiger partial charge is 0.307 e. The average Bonchev–Trinajstić information content (AvgIpc) is 2.86. The van der Waals surface area contributed by atoms with Crippen molar-refractivity contribution >= 4 is 29.3 Å². The summed E-state index contributed by atoms with van der Waals surface area (Å²) in [6.45, 7) is 12.8. The van der Waals surface area contributed by atoms with E-state index in [9.17, 15) is 14.3 Å². The van der Waals surface area contributed by atoms with Crippen LogP contribution in [-0.2, 0) is 24.2 Å². The quantitative estimate of drug-likeness (QED) is 0.306. The predicted octanol–water partition coefficient (Wildman–Crippen LogP) is 6.84. The number of nitrogens with one attached hydrogen (secondary N) is 1. The number of aliphatic carboxylic acids is 1. The van der Waals surface area contributed by atoms with Gasteiger partial charge in [0.1, 0.15) is 5.82 Å². The highest BCUT2D eigenvalue weighted by Gasteiger charge is 2.32. The van der Waals surface area contributed by atoms with Crippen molar-refractivity contribution in [2.24, 2.45) is 0 Å². The molecule has 8 heteroatoms. The molecular weight excluding hydrogens is 513 g/mol. The Morgan fingerprint density at radius 2 is 1.82 bits per heavy atom. The summed E-state index contributed by atoms with van der Waals surface area (Å²) >= 11 is 1.56. The van der Waals surface area contributed by atoms with E-state index in [1.165, 1.54) is 11.8 Å². The molecule has 2 aliphatic rings. The summed E-state index contributed by atoms with van der Waals surface area (Å²) < 4.78 is 16.2. The Morgan fingerprint density at radius 3 is 2.46 bits per heavy atom. The third-order valence-electron chi connectivity index (χ3n) is 7.12. The van der Waals surface area contributed by atoms with Crippen molar-refractivity contribution in [2.45, 2.75) is 73.0 Å². The fourth-order valence-corrected chi connectivity index (χ4v) is 6.27. The average molecular weight is 552 g/mol. The Hall–Kier alpha value is -3.10. The molecule has 0 bridgehead atoms. The van der Waals surface area contributed by atoms with Crippen LogP contribution < -0.4 is 9.62 Å². The predicted molar refractivity (Wildman–Crippen MR) is 159 cm³/mol. The number of carboxylic acid groups (broad SMARTS) is 1. The molecule has 0 spiro atoms. The lowest BCUT2D eigenvalue weighted by molar-refractivity contribution is -0.136. The number of aryl methyl sites for hydroxylation is 1. The van der Waals surface area contributed by atoms with Crippen LogP contribution in [0.15, 0.2) is 24.4 Å². The van der Waals surface area contributed by atoms with Gasteiger partial charge in [0.05, 0.1) is 36.1 Å². The Morgan fingerprint density at radius 1 is 1.13 bits per heavy atom. The van der Waals surface area contributed by atoms with E-state index < -0.39 is 11.6 Å². The Balaban J connectivity index is 0.000000648. The van der Waals surface area contributed by atoms with Crippen LogP contribution in [0.5, 0.6) is 0 Å². The molecule has 3 N–H and O–H groups in total. The molecule has 39 heavy (non-hydrogen) atoms. The van der Waals surface area contributed by atoms with Gasteiger partial charge in [-0.3, -0.25) is 9.78 Å². The number of pyridine rings is 1. The number of rotatable bonds is 4. The summed E-state index contributed by atoms with van der Waals surface area (Å²) in [6.07, 6.45) is 5.34.